The van der Waals surface area contributed by atoms with Gasteiger partial charge in [-0.3, -0.25) is 4.79 Å². The van der Waals surface area contributed by atoms with Crippen molar-refractivity contribution in [3.05, 3.63) is 11.4 Å². The monoisotopic (exact) mass is 348 g/mol. The number of hydrogen-bond donors (Lipinski definition) is 2. The second kappa shape index (κ2) is 6.23. The molecule has 2 heterocycles. The molecule has 1 spiro atoms. The van der Waals surface area contributed by atoms with Gasteiger partial charge in [-0.1, -0.05) is 11.8 Å². The number of rotatable bonds is 3. The summed E-state index contributed by atoms with van der Waals surface area (Å²) in [6.07, 6.45) is 8.42. The van der Waals surface area contributed by atoms with Gasteiger partial charge in [-0.25, -0.2) is 0 Å². The van der Waals surface area contributed by atoms with Crippen LogP contribution in [0.2, 0.25) is 0 Å². The first-order valence-electron chi connectivity index (χ1n) is 8.44. The molecule has 1 saturated carbocycles. The number of carboxylic acid groups (broad SMARTS) is 1. The SMILES string of the molecule is O=C(O)CSc1nnc2c(n1)OC1(CCCC1)NC1=C2CCCC1. The van der Waals surface area contributed by atoms with Crippen molar-refractivity contribution in [2.75, 3.05) is 5.75 Å². The van der Waals surface area contributed by atoms with E-state index < -0.39 is 11.7 Å². The van der Waals surface area contributed by atoms with Crippen molar-refractivity contribution in [1.29, 1.82) is 0 Å². The number of carboxylic acids is 1. The van der Waals surface area contributed by atoms with Gasteiger partial charge in [-0.15, -0.1) is 10.2 Å². The molecular formula is C16H20N4O3S. The van der Waals surface area contributed by atoms with E-state index in [1.54, 1.807) is 0 Å². The van der Waals surface area contributed by atoms with Gasteiger partial charge in [0, 0.05) is 24.1 Å². The van der Waals surface area contributed by atoms with Gasteiger partial charge in [0.1, 0.15) is 0 Å². The molecule has 24 heavy (non-hydrogen) atoms. The zero-order valence-corrected chi connectivity index (χ0v) is 14.2. The zero-order chi connectivity index (χ0) is 16.6. The Labute approximate surface area is 144 Å². The van der Waals surface area contributed by atoms with Crippen LogP contribution in [0.5, 0.6) is 5.88 Å². The van der Waals surface area contributed by atoms with Crippen LogP contribution in [0, 0.1) is 0 Å². The van der Waals surface area contributed by atoms with Gasteiger partial charge in [0.2, 0.25) is 11.0 Å². The average Bonchev–Trinajstić information content (AvgIpc) is 2.96. The standard InChI is InChI=1S/C16H20N4O3S/c21-12(22)9-24-15-17-14-13(19-20-15)10-5-1-2-6-11(10)18-16(23-14)7-3-4-8-16/h18H,1-9H2,(H,21,22). The topological polar surface area (TPSA) is 97.2 Å². The van der Waals surface area contributed by atoms with Crippen LogP contribution in [0.4, 0.5) is 0 Å². The molecule has 3 aliphatic rings. The Bertz CT molecular complexity index is 701. The molecule has 0 bridgehead atoms. The third-order valence-electron chi connectivity index (χ3n) is 4.80. The predicted molar refractivity (Wildman–Crippen MR) is 88.5 cm³/mol. The van der Waals surface area contributed by atoms with E-state index in [0.29, 0.717) is 11.0 Å². The van der Waals surface area contributed by atoms with Gasteiger partial charge >= 0.3 is 5.97 Å². The van der Waals surface area contributed by atoms with Gasteiger partial charge in [0.05, 0.1) is 5.75 Å². The van der Waals surface area contributed by atoms with Crippen molar-refractivity contribution in [1.82, 2.24) is 20.5 Å². The predicted octanol–water partition coefficient (Wildman–Crippen LogP) is 2.59. The van der Waals surface area contributed by atoms with E-state index in [1.165, 1.54) is 12.1 Å². The number of nitrogens with zero attached hydrogens (tertiary/aromatic N) is 3. The molecule has 2 N–H and O–H groups in total. The summed E-state index contributed by atoms with van der Waals surface area (Å²) in [5.74, 6) is -0.484. The Kier molecular flexibility index (Phi) is 4.07. The molecule has 1 aromatic heterocycles. The smallest absolute Gasteiger partial charge is 0.313 e. The Balaban J connectivity index is 1.73. The molecule has 0 unspecified atom stereocenters. The molecular weight excluding hydrogens is 328 g/mol. The number of ether oxygens (including phenoxy) is 1. The number of thioether (sulfide) groups is 1. The van der Waals surface area contributed by atoms with Gasteiger partial charge in [-0.05, 0) is 38.5 Å². The summed E-state index contributed by atoms with van der Waals surface area (Å²) in [7, 11) is 0. The van der Waals surface area contributed by atoms with Crippen molar-refractivity contribution < 1.29 is 14.6 Å². The first kappa shape index (κ1) is 15.7. The summed E-state index contributed by atoms with van der Waals surface area (Å²) in [5, 5.41) is 21.3. The van der Waals surface area contributed by atoms with E-state index in [1.807, 2.05) is 0 Å². The Morgan fingerprint density at radius 1 is 1.21 bits per heavy atom. The van der Waals surface area contributed by atoms with Crippen molar-refractivity contribution in [2.45, 2.75) is 62.2 Å². The highest BCUT2D eigenvalue weighted by molar-refractivity contribution is 7.99. The Hall–Kier alpha value is -1.83. The number of hydrogen-bond acceptors (Lipinski definition) is 7. The second-order valence-electron chi connectivity index (χ2n) is 6.52. The molecule has 0 atom stereocenters. The third-order valence-corrected chi connectivity index (χ3v) is 5.62. The first-order valence-corrected chi connectivity index (χ1v) is 9.43. The Morgan fingerprint density at radius 2 is 2.00 bits per heavy atom. The maximum atomic E-state index is 10.8. The van der Waals surface area contributed by atoms with Gasteiger partial charge in [0.15, 0.2) is 11.4 Å². The lowest BCUT2D eigenvalue weighted by Gasteiger charge is -2.32. The lowest BCUT2D eigenvalue weighted by Crippen LogP contribution is -2.47. The third kappa shape index (κ3) is 2.94. The van der Waals surface area contributed by atoms with E-state index in [0.717, 1.165) is 68.0 Å². The molecule has 1 aromatic rings. The molecule has 0 saturated heterocycles. The highest BCUT2D eigenvalue weighted by atomic mass is 32.2. The van der Waals surface area contributed by atoms with Crippen molar-refractivity contribution in [3.8, 4) is 5.88 Å². The van der Waals surface area contributed by atoms with E-state index in [2.05, 4.69) is 20.5 Å². The van der Waals surface area contributed by atoms with E-state index in [9.17, 15) is 4.79 Å². The van der Waals surface area contributed by atoms with Crippen LogP contribution < -0.4 is 10.1 Å². The first-order chi connectivity index (χ1) is 11.7. The lowest BCUT2D eigenvalue weighted by atomic mass is 9.93. The number of fused-ring (bicyclic) bond motifs is 2. The van der Waals surface area contributed by atoms with Crippen molar-refractivity contribution in [3.63, 3.8) is 0 Å². The summed E-state index contributed by atoms with van der Waals surface area (Å²) in [6, 6.07) is 0. The lowest BCUT2D eigenvalue weighted by molar-refractivity contribution is -0.133. The average molecular weight is 348 g/mol. The largest absolute Gasteiger partial charge is 0.481 e. The summed E-state index contributed by atoms with van der Waals surface area (Å²) in [6.45, 7) is 0. The van der Waals surface area contributed by atoms with E-state index in [4.69, 9.17) is 9.84 Å². The molecule has 1 aliphatic heterocycles. The molecule has 2 aliphatic carbocycles. The molecule has 1 fully saturated rings. The quantitative estimate of drug-likeness (QED) is 0.805. The van der Waals surface area contributed by atoms with Gasteiger partial charge in [0.25, 0.3) is 0 Å². The highest BCUT2D eigenvalue weighted by Crippen LogP contribution is 2.42. The van der Waals surface area contributed by atoms with Crippen molar-refractivity contribution >= 4 is 23.3 Å². The number of allylic oxidation sites excluding steroid dienone is 2. The van der Waals surface area contributed by atoms with Crippen LogP contribution in [-0.4, -0.2) is 37.7 Å². The fraction of sp³-hybridized carbons (Fsp3) is 0.625. The Morgan fingerprint density at radius 3 is 2.79 bits per heavy atom. The molecule has 0 radical (unpaired) electrons. The van der Waals surface area contributed by atoms with Crippen LogP contribution in [0.15, 0.2) is 10.9 Å². The van der Waals surface area contributed by atoms with Crippen LogP contribution in [0.25, 0.3) is 5.57 Å². The maximum absolute atomic E-state index is 10.8. The highest BCUT2D eigenvalue weighted by Gasteiger charge is 2.41. The van der Waals surface area contributed by atoms with Crippen LogP contribution in [0.1, 0.15) is 57.1 Å². The molecule has 0 aromatic carbocycles. The summed E-state index contributed by atoms with van der Waals surface area (Å²) < 4.78 is 6.32. The molecule has 4 rings (SSSR count). The number of carbonyl (C=O) groups is 1. The van der Waals surface area contributed by atoms with E-state index in [-0.39, 0.29) is 5.75 Å². The number of nitrogens with one attached hydrogen (secondary N) is 1. The minimum Gasteiger partial charge on any atom is -0.481 e. The van der Waals surface area contributed by atoms with Crippen molar-refractivity contribution in [2.24, 2.45) is 0 Å². The van der Waals surface area contributed by atoms with Crippen LogP contribution >= 0.6 is 11.8 Å². The normalized spacial score (nSPS) is 21.5. The van der Waals surface area contributed by atoms with Crippen LogP contribution in [-0.2, 0) is 4.79 Å². The van der Waals surface area contributed by atoms with E-state index >= 15 is 0 Å². The van der Waals surface area contributed by atoms with Gasteiger partial charge in [-0.2, -0.15) is 4.98 Å². The molecule has 7 nitrogen and oxygen atoms in total. The summed E-state index contributed by atoms with van der Waals surface area (Å²) >= 11 is 1.07. The van der Waals surface area contributed by atoms with Gasteiger partial charge < -0.3 is 15.2 Å². The molecule has 128 valence electrons. The zero-order valence-electron chi connectivity index (χ0n) is 13.4. The minimum atomic E-state index is -0.898. The van der Waals surface area contributed by atoms with Crippen LogP contribution in [0.3, 0.4) is 0 Å². The maximum Gasteiger partial charge on any atom is 0.313 e. The summed E-state index contributed by atoms with van der Waals surface area (Å²) in [5.41, 5.74) is 2.72. The molecule has 0 amide bonds. The fourth-order valence-electron chi connectivity index (χ4n) is 3.71. The minimum absolute atomic E-state index is 0.0855. The summed E-state index contributed by atoms with van der Waals surface area (Å²) in [4.78, 5) is 15.2. The fourth-order valence-corrected chi connectivity index (χ4v) is 4.21. The molecule has 8 heteroatoms. The second-order valence-corrected chi connectivity index (χ2v) is 7.47. The number of aromatic nitrogens is 3. The number of aliphatic carboxylic acids is 1.